The normalized spacial score (nSPS) is 12.0. The molecule has 0 bridgehead atoms. The van der Waals surface area contributed by atoms with Gasteiger partial charge in [0.2, 0.25) is 0 Å². The molecule has 0 spiro atoms. The molecule has 0 saturated carbocycles. The van der Waals surface area contributed by atoms with Crippen molar-refractivity contribution < 1.29 is 9.53 Å². The van der Waals surface area contributed by atoms with Gasteiger partial charge in [-0.05, 0) is 42.2 Å². The molecule has 2 rings (SSSR count). The van der Waals surface area contributed by atoms with Crippen LogP contribution in [0.5, 0.6) is 5.75 Å². The molecule has 0 unspecified atom stereocenters. The summed E-state index contributed by atoms with van der Waals surface area (Å²) in [5.41, 5.74) is 5.26. The molecule has 0 aliphatic heterocycles. The van der Waals surface area contributed by atoms with Crippen LogP contribution in [-0.4, -0.2) is 27.8 Å². The number of carbonyl (C=O) groups excluding carboxylic acids is 1. The minimum atomic E-state index is -0.769. The van der Waals surface area contributed by atoms with Crippen molar-refractivity contribution in [3.63, 3.8) is 0 Å². The van der Waals surface area contributed by atoms with E-state index >= 15 is 0 Å². The number of allylic oxidation sites excluding steroid dienone is 3. The fourth-order valence-corrected chi connectivity index (χ4v) is 3.45. The molecular weight excluding hydrogens is 469 g/mol. The number of hydrogen-bond acceptors (Lipinski definition) is 7. The first-order valence-corrected chi connectivity index (χ1v) is 10.9. The number of H-pyrrole nitrogens is 1. The molecule has 0 radical (unpaired) electrons. The van der Waals surface area contributed by atoms with Gasteiger partial charge in [-0.2, -0.15) is 9.78 Å². The Labute approximate surface area is 200 Å². The molecule has 1 aromatic carbocycles. The van der Waals surface area contributed by atoms with Crippen LogP contribution in [0, 0.1) is 5.92 Å². The number of likely N-dealkylation sites (N-methyl/N-ethyl adjacent to an activating group) is 1. The number of ether oxygens (including phenoxy) is 1. The first-order valence-electron chi connectivity index (χ1n) is 10.1. The van der Waals surface area contributed by atoms with Gasteiger partial charge in [-0.3, -0.25) is 9.78 Å². The second-order valence-electron chi connectivity index (χ2n) is 7.16. The van der Waals surface area contributed by atoms with Crippen molar-refractivity contribution in [3.05, 3.63) is 77.9 Å². The Morgan fingerprint density at radius 1 is 1.33 bits per heavy atom. The molecular formula is C22H25Cl2N5O4. The van der Waals surface area contributed by atoms with Crippen molar-refractivity contribution >= 4 is 29.1 Å². The minimum Gasteiger partial charge on any atom is -0.455 e. The third-order valence-corrected chi connectivity index (χ3v) is 5.06. The number of aromatic nitrogens is 3. The average molecular weight is 494 g/mol. The number of nitrogens with two attached hydrogens (primary N) is 1. The minimum absolute atomic E-state index is 0.000929. The highest BCUT2D eigenvalue weighted by atomic mass is 35.5. The lowest BCUT2D eigenvalue weighted by atomic mass is 9.99. The smallest absolute Gasteiger partial charge is 0.349 e. The predicted octanol–water partition coefficient (Wildman–Crippen LogP) is 2.88. The molecule has 4 N–H and O–H groups in total. The van der Waals surface area contributed by atoms with E-state index in [1.165, 1.54) is 12.1 Å². The summed E-state index contributed by atoms with van der Waals surface area (Å²) in [5.74, 6) is 2.46. The van der Waals surface area contributed by atoms with E-state index in [0.717, 1.165) is 4.68 Å². The van der Waals surface area contributed by atoms with E-state index in [9.17, 15) is 14.4 Å². The lowest BCUT2D eigenvalue weighted by Crippen LogP contribution is -2.34. The third-order valence-electron chi connectivity index (χ3n) is 4.50. The van der Waals surface area contributed by atoms with E-state index in [2.05, 4.69) is 15.4 Å². The van der Waals surface area contributed by atoms with Crippen LogP contribution in [0.2, 0.25) is 10.0 Å². The lowest BCUT2D eigenvalue weighted by Gasteiger charge is -2.16. The number of hydrogen-bond donors (Lipinski definition) is 3. The highest BCUT2D eigenvalue weighted by molar-refractivity contribution is 6.37. The Morgan fingerprint density at radius 3 is 2.45 bits per heavy atom. The summed E-state index contributed by atoms with van der Waals surface area (Å²) in [7, 11) is 1.63. The van der Waals surface area contributed by atoms with Gasteiger partial charge in [0, 0.05) is 13.6 Å². The van der Waals surface area contributed by atoms with Gasteiger partial charge in [-0.25, -0.2) is 9.59 Å². The maximum absolute atomic E-state index is 12.2. The largest absolute Gasteiger partial charge is 0.455 e. The summed E-state index contributed by atoms with van der Waals surface area (Å²) in [6, 6.07) is 2.85. The van der Waals surface area contributed by atoms with Crippen LogP contribution in [0.1, 0.15) is 32.9 Å². The molecule has 2 aromatic rings. The molecule has 0 fully saturated rings. The molecule has 0 aliphatic rings. The summed E-state index contributed by atoms with van der Waals surface area (Å²) in [5, 5.41) is 7.01. The number of benzene rings is 1. The van der Waals surface area contributed by atoms with Crippen LogP contribution >= 0.6 is 23.2 Å². The van der Waals surface area contributed by atoms with Gasteiger partial charge in [0.1, 0.15) is 23.1 Å². The van der Waals surface area contributed by atoms with Crippen LogP contribution in [-0.2, 0) is 11.3 Å². The van der Waals surface area contributed by atoms with Gasteiger partial charge in [0.05, 0.1) is 15.7 Å². The van der Waals surface area contributed by atoms with Gasteiger partial charge in [0.25, 0.3) is 5.56 Å². The van der Waals surface area contributed by atoms with E-state index in [4.69, 9.17) is 33.7 Å². The summed E-state index contributed by atoms with van der Waals surface area (Å²) < 4.78 is 6.93. The summed E-state index contributed by atoms with van der Waals surface area (Å²) in [4.78, 5) is 37.4. The maximum Gasteiger partial charge on any atom is 0.349 e. The maximum atomic E-state index is 12.2. The first kappa shape index (κ1) is 26.2. The van der Waals surface area contributed by atoms with Gasteiger partial charge in [0.15, 0.2) is 5.75 Å². The standard InChI is InChI=1S/C22H25Cl2N5O4/c1-5-6-14(9-15(12(2)3)19(11-30)26-4)33-20-16(23)7-13(8-17(20)24)29-22(32)27-21(31)18(10-25)28-29/h6-9,12,26H,5,10,25H2,1-4H3,(H,27,31,32)/b14-6-,15-9-. The number of nitrogens with one attached hydrogen (secondary N) is 2. The zero-order valence-electron chi connectivity index (χ0n) is 18.7. The van der Waals surface area contributed by atoms with Crippen LogP contribution in [0.15, 0.2) is 50.9 Å². The molecule has 176 valence electrons. The van der Waals surface area contributed by atoms with E-state index in [0.29, 0.717) is 23.5 Å². The quantitative estimate of drug-likeness (QED) is 0.278. The Morgan fingerprint density at radius 2 is 1.97 bits per heavy atom. The van der Waals surface area contributed by atoms with Gasteiger partial charge < -0.3 is 15.8 Å². The van der Waals surface area contributed by atoms with Crippen LogP contribution in [0.4, 0.5) is 0 Å². The number of halogens is 2. The summed E-state index contributed by atoms with van der Waals surface area (Å²) in [6.45, 7) is 5.64. The molecule has 1 aromatic heterocycles. The second kappa shape index (κ2) is 11.7. The Bertz CT molecular complexity index is 1230. The van der Waals surface area contributed by atoms with E-state index in [1.807, 2.05) is 32.8 Å². The topological polar surface area (TPSA) is 132 Å². The zero-order valence-corrected chi connectivity index (χ0v) is 20.2. The molecule has 33 heavy (non-hydrogen) atoms. The predicted molar refractivity (Wildman–Crippen MR) is 129 cm³/mol. The lowest BCUT2D eigenvalue weighted by molar-refractivity contribution is 0.440. The van der Waals surface area contributed by atoms with Crippen molar-refractivity contribution in [1.29, 1.82) is 0 Å². The van der Waals surface area contributed by atoms with Crippen LogP contribution in [0.3, 0.4) is 0 Å². The summed E-state index contributed by atoms with van der Waals surface area (Å²) >= 11 is 12.9. The van der Waals surface area contributed by atoms with Gasteiger partial charge in [-0.15, -0.1) is 0 Å². The molecule has 1 heterocycles. The average Bonchev–Trinajstić information content (AvgIpc) is 2.76. The fourth-order valence-electron chi connectivity index (χ4n) is 2.89. The molecule has 0 aliphatic carbocycles. The van der Waals surface area contributed by atoms with Gasteiger partial charge in [-0.1, -0.05) is 44.0 Å². The van der Waals surface area contributed by atoms with Gasteiger partial charge >= 0.3 is 5.69 Å². The van der Waals surface area contributed by atoms with E-state index < -0.39 is 11.2 Å². The number of rotatable bonds is 9. The van der Waals surface area contributed by atoms with Crippen LogP contribution in [0.25, 0.3) is 5.69 Å². The molecule has 11 heteroatoms. The van der Waals surface area contributed by atoms with Crippen molar-refractivity contribution in [1.82, 2.24) is 20.1 Å². The molecule has 0 saturated heterocycles. The van der Waals surface area contributed by atoms with Crippen molar-refractivity contribution in [2.24, 2.45) is 11.7 Å². The SMILES string of the molecule is CC/C=C(/C=C(\C(=C=O)NC)C(C)C)Oc1c(Cl)cc(-n2nc(CN)c(=O)[nH]c2=O)cc1Cl. The Balaban J connectivity index is 2.55. The zero-order chi connectivity index (χ0) is 24.7. The second-order valence-corrected chi connectivity index (χ2v) is 7.97. The number of nitrogens with zero attached hydrogens (tertiary/aromatic N) is 2. The van der Waals surface area contributed by atoms with Crippen molar-refractivity contribution in [2.75, 3.05) is 7.05 Å². The molecule has 0 amide bonds. The highest BCUT2D eigenvalue weighted by Gasteiger charge is 2.17. The van der Waals surface area contributed by atoms with Crippen molar-refractivity contribution in [3.8, 4) is 11.4 Å². The Kier molecular flexibility index (Phi) is 9.25. The van der Waals surface area contributed by atoms with E-state index in [-0.39, 0.29) is 39.6 Å². The third kappa shape index (κ3) is 6.24. The first-order chi connectivity index (χ1) is 15.7. The van der Waals surface area contributed by atoms with E-state index in [1.54, 1.807) is 13.1 Å². The molecule has 0 atom stereocenters. The Hall–Kier alpha value is -3.10. The van der Waals surface area contributed by atoms with Crippen molar-refractivity contribution in [2.45, 2.75) is 33.7 Å². The fraction of sp³-hybridized carbons (Fsp3) is 0.318. The highest BCUT2D eigenvalue weighted by Crippen LogP contribution is 2.36. The molecule has 9 nitrogen and oxygen atoms in total. The monoisotopic (exact) mass is 493 g/mol. The van der Waals surface area contributed by atoms with Crippen LogP contribution < -0.4 is 27.0 Å². The summed E-state index contributed by atoms with van der Waals surface area (Å²) in [6.07, 6.45) is 4.16. The number of aromatic amines is 1.